The Balaban J connectivity index is 1.61. The van der Waals surface area contributed by atoms with E-state index >= 15 is 0 Å². The summed E-state index contributed by atoms with van der Waals surface area (Å²) in [6.45, 7) is 1.80. The van der Waals surface area contributed by atoms with Gasteiger partial charge in [0.2, 0.25) is 17.2 Å². The number of rotatable bonds is 12. The van der Waals surface area contributed by atoms with Crippen molar-refractivity contribution in [3.05, 3.63) is 105 Å². The van der Waals surface area contributed by atoms with E-state index in [9.17, 15) is 27.8 Å². The first-order chi connectivity index (χ1) is 20.9. The van der Waals surface area contributed by atoms with Crippen LogP contribution in [0.2, 0.25) is 10.0 Å². The molecule has 0 radical (unpaired) electrons. The molecule has 3 aromatic rings. The Hall–Kier alpha value is -2.82. The quantitative estimate of drug-likeness (QED) is 0.182. The van der Waals surface area contributed by atoms with Crippen molar-refractivity contribution in [2.45, 2.75) is 62.9 Å². The number of aliphatic carboxylic acids is 1. The second kappa shape index (κ2) is 13.3. The molecule has 1 aliphatic heterocycles. The molecule has 1 amide bonds. The van der Waals surface area contributed by atoms with Gasteiger partial charge in [0.05, 0.1) is 17.4 Å². The number of carboxylic acid groups (broad SMARTS) is 1. The minimum atomic E-state index is -2.44. The normalized spacial score (nSPS) is 24.0. The fourth-order valence-electron chi connectivity index (χ4n) is 6.87. The first-order valence-electron chi connectivity index (χ1n) is 14.6. The molecule has 3 aromatic carbocycles. The van der Waals surface area contributed by atoms with Gasteiger partial charge in [-0.2, -0.15) is 4.31 Å². The number of nitrogens with zero attached hydrogens (tertiary/aromatic N) is 1. The van der Waals surface area contributed by atoms with E-state index in [1.165, 1.54) is 12.1 Å². The highest BCUT2D eigenvalue weighted by Gasteiger charge is 2.56. The Morgan fingerprint density at radius 3 is 2.41 bits per heavy atom. The molecule has 1 heterocycles. The van der Waals surface area contributed by atoms with Gasteiger partial charge in [-0.25, -0.2) is 8.60 Å². The molecular weight excluding hydrogens is 626 g/mol. The number of carboxylic acids is 1. The molecule has 2 fully saturated rings. The average molecular weight is 662 g/mol. The van der Waals surface area contributed by atoms with Crippen molar-refractivity contribution in [1.82, 2.24) is 9.62 Å². The first-order valence-corrected chi connectivity index (χ1v) is 16.4. The summed E-state index contributed by atoms with van der Waals surface area (Å²) >= 11 is 10.2. The number of amides is 1. The van der Waals surface area contributed by atoms with Gasteiger partial charge in [-0.05, 0) is 91.1 Å². The Labute approximate surface area is 269 Å². The van der Waals surface area contributed by atoms with Crippen molar-refractivity contribution in [3.63, 3.8) is 0 Å². The van der Waals surface area contributed by atoms with E-state index in [1.54, 1.807) is 41.6 Å². The topological polar surface area (TPSA) is 107 Å². The van der Waals surface area contributed by atoms with Gasteiger partial charge in [-0.3, -0.25) is 14.1 Å². The number of hydrogen-bond acceptors (Lipinski definition) is 3. The fraction of sp³-hybridized carbons (Fsp3) is 0.394. The van der Waals surface area contributed by atoms with Crippen molar-refractivity contribution < 1.29 is 27.8 Å². The first kappa shape index (κ1) is 32.6. The molecule has 1 saturated heterocycles. The van der Waals surface area contributed by atoms with Gasteiger partial charge < -0.3 is 10.4 Å². The van der Waals surface area contributed by atoms with E-state index in [4.69, 9.17) is 23.2 Å². The highest BCUT2D eigenvalue weighted by atomic mass is 35.5. The van der Waals surface area contributed by atoms with Crippen molar-refractivity contribution in [3.8, 4) is 0 Å². The summed E-state index contributed by atoms with van der Waals surface area (Å²) in [5, 5.41) is 13.8. The number of nitrogens with one attached hydrogen (secondary N) is 1. The highest BCUT2D eigenvalue weighted by molar-refractivity contribution is 7.76. The average Bonchev–Trinajstić information content (AvgIpc) is 3.80. The zero-order valence-electron chi connectivity index (χ0n) is 24.2. The maximum absolute atomic E-state index is 14.0. The van der Waals surface area contributed by atoms with E-state index in [1.807, 2.05) is 30.3 Å². The Morgan fingerprint density at radius 2 is 1.80 bits per heavy atom. The predicted octanol–water partition coefficient (Wildman–Crippen LogP) is 6.96. The van der Waals surface area contributed by atoms with Gasteiger partial charge in [-0.1, -0.05) is 66.5 Å². The summed E-state index contributed by atoms with van der Waals surface area (Å²) in [7, 11) is 0. The number of carbonyl (C=O) groups excluding carboxylic acids is 1. The Morgan fingerprint density at radius 1 is 1.09 bits per heavy atom. The van der Waals surface area contributed by atoms with Crippen LogP contribution in [0.25, 0.3) is 0 Å². The third-order valence-electron chi connectivity index (χ3n) is 9.09. The summed E-state index contributed by atoms with van der Waals surface area (Å²) in [5.74, 6) is -2.18. The second-order valence-electron chi connectivity index (χ2n) is 12.2. The van der Waals surface area contributed by atoms with Gasteiger partial charge in [0.15, 0.2) is 0 Å². The van der Waals surface area contributed by atoms with E-state index in [0.29, 0.717) is 22.0 Å². The SMILES string of the molecule is C[C@@]1(CC(=O)O)C[C@H](c2cccc(Cl)c2)[C@H](C[C@@](c2ccc(Cl)cc2)(C2CC2)N(CCc2cccc(F)c2)S(=O)O)NC1=O. The molecule has 2 aliphatic rings. The third-order valence-corrected chi connectivity index (χ3v) is 10.5. The minimum absolute atomic E-state index is 0.0171. The molecule has 1 aliphatic carbocycles. The molecule has 5 atom stereocenters. The molecule has 1 unspecified atom stereocenters. The van der Waals surface area contributed by atoms with Crippen LogP contribution in [0.1, 0.15) is 61.6 Å². The molecule has 0 bridgehead atoms. The molecule has 11 heteroatoms. The Bertz CT molecular complexity index is 1560. The van der Waals surface area contributed by atoms with Crippen molar-refractivity contribution in [2.24, 2.45) is 11.3 Å². The summed E-state index contributed by atoms with van der Waals surface area (Å²) in [4.78, 5) is 25.4. The van der Waals surface area contributed by atoms with Crippen molar-refractivity contribution in [2.75, 3.05) is 6.54 Å². The van der Waals surface area contributed by atoms with Crippen molar-refractivity contribution >= 4 is 46.3 Å². The summed E-state index contributed by atoms with van der Waals surface area (Å²) in [6.07, 6.45) is 2.10. The van der Waals surface area contributed by atoms with Gasteiger partial charge in [0.1, 0.15) is 5.82 Å². The summed E-state index contributed by atoms with van der Waals surface area (Å²) < 4.78 is 39.8. The van der Waals surface area contributed by atoms with Crippen LogP contribution in [0.5, 0.6) is 0 Å². The summed E-state index contributed by atoms with van der Waals surface area (Å²) in [5.41, 5.74) is 0.135. The van der Waals surface area contributed by atoms with Crippen LogP contribution < -0.4 is 5.32 Å². The number of carbonyl (C=O) groups is 2. The summed E-state index contributed by atoms with van der Waals surface area (Å²) in [6, 6.07) is 20.2. The van der Waals surface area contributed by atoms with Gasteiger partial charge in [0, 0.05) is 28.5 Å². The lowest BCUT2D eigenvalue weighted by molar-refractivity contribution is -0.147. The standard InChI is InChI=1S/C33H35Cl2FN2O5S/c1-32(20-30(39)40)18-28(22-5-3-6-26(35)17-22)29(37-31(32)41)19-33(23-8-9-23,24-10-12-25(34)13-11-24)38(44(42)43)15-14-21-4-2-7-27(36)16-21/h2-7,10-13,16-17,23,28-29H,8-9,14-15,18-20H2,1H3,(H,37,41)(H,39,40)(H,42,43)/t28-,29+,32+,33+/m1/s1. The lowest BCUT2D eigenvalue weighted by Crippen LogP contribution is -2.59. The third kappa shape index (κ3) is 7.02. The zero-order valence-corrected chi connectivity index (χ0v) is 26.5. The van der Waals surface area contributed by atoms with Crippen LogP contribution in [0.15, 0.2) is 72.8 Å². The molecule has 0 spiro atoms. The largest absolute Gasteiger partial charge is 0.481 e. The van der Waals surface area contributed by atoms with Crippen molar-refractivity contribution in [1.29, 1.82) is 0 Å². The van der Waals surface area contributed by atoms with Gasteiger partial charge in [-0.15, -0.1) is 0 Å². The monoisotopic (exact) mass is 660 g/mol. The smallest absolute Gasteiger partial charge is 0.304 e. The number of piperidine rings is 1. The van der Waals surface area contributed by atoms with E-state index in [2.05, 4.69) is 5.32 Å². The van der Waals surface area contributed by atoms with Gasteiger partial charge >= 0.3 is 5.97 Å². The number of halogens is 3. The molecule has 7 nitrogen and oxygen atoms in total. The van der Waals surface area contributed by atoms with Crippen LogP contribution >= 0.6 is 23.2 Å². The van der Waals surface area contributed by atoms with Crippen LogP contribution in [0, 0.1) is 17.2 Å². The van der Waals surface area contributed by atoms with E-state index < -0.39 is 34.2 Å². The molecule has 234 valence electrons. The van der Waals surface area contributed by atoms with E-state index in [-0.39, 0.29) is 49.4 Å². The van der Waals surface area contributed by atoms with Crippen LogP contribution in [0.3, 0.4) is 0 Å². The maximum Gasteiger partial charge on any atom is 0.304 e. The molecule has 5 rings (SSSR count). The van der Waals surface area contributed by atoms with Gasteiger partial charge in [0.25, 0.3) is 0 Å². The lowest BCUT2D eigenvalue weighted by Gasteiger charge is -2.49. The molecule has 1 saturated carbocycles. The minimum Gasteiger partial charge on any atom is -0.481 e. The second-order valence-corrected chi connectivity index (χ2v) is 14.0. The molecule has 0 aromatic heterocycles. The van der Waals surface area contributed by atoms with Crippen LogP contribution in [0.4, 0.5) is 4.39 Å². The molecule has 44 heavy (non-hydrogen) atoms. The van der Waals surface area contributed by atoms with E-state index in [0.717, 1.165) is 24.0 Å². The fourth-order valence-corrected chi connectivity index (χ4v) is 8.05. The van der Waals surface area contributed by atoms with Crippen LogP contribution in [-0.2, 0) is 32.8 Å². The zero-order chi connectivity index (χ0) is 31.6. The number of benzene rings is 3. The maximum atomic E-state index is 14.0. The molecule has 3 N–H and O–H groups in total. The predicted molar refractivity (Wildman–Crippen MR) is 169 cm³/mol. The number of hydrogen-bond donors (Lipinski definition) is 3. The Kier molecular flexibility index (Phi) is 9.82. The lowest BCUT2D eigenvalue weighted by atomic mass is 9.66. The highest BCUT2D eigenvalue weighted by Crippen LogP contribution is 2.55. The molecular formula is C33H35Cl2FN2O5S. The van der Waals surface area contributed by atoms with Crippen LogP contribution in [-0.4, -0.2) is 42.6 Å².